The predicted molar refractivity (Wildman–Crippen MR) is 67.9 cm³/mol. The van der Waals surface area contributed by atoms with E-state index in [-0.39, 0.29) is 12.1 Å². The molecule has 1 saturated carbocycles. The van der Waals surface area contributed by atoms with Gasteiger partial charge in [-0.15, -0.1) is 0 Å². The summed E-state index contributed by atoms with van der Waals surface area (Å²) in [6.45, 7) is 5.99. The summed E-state index contributed by atoms with van der Waals surface area (Å²) in [5, 5.41) is 3.30. The minimum Gasteiger partial charge on any atom is -0.311 e. The van der Waals surface area contributed by atoms with Gasteiger partial charge >= 0.3 is 0 Å². The molecule has 0 radical (unpaired) electrons. The van der Waals surface area contributed by atoms with Crippen LogP contribution in [0.15, 0.2) is 0 Å². The second-order valence-corrected chi connectivity index (χ2v) is 7.31. The van der Waals surface area contributed by atoms with Gasteiger partial charge in [0, 0.05) is 38.8 Å². The van der Waals surface area contributed by atoms with Gasteiger partial charge < -0.3 is 5.32 Å². The molecule has 5 nitrogen and oxygen atoms in total. The third-order valence-corrected chi connectivity index (χ3v) is 5.92. The molecule has 0 spiro atoms. The highest BCUT2D eigenvalue weighted by atomic mass is 32.2. The molecule has 0 aromatic heterocycles. The van der Waals surface area contributed by atoms with Gasteiger partial charge in [0.15, 0.2) is 0 Å². The lowest BCUT2D eigenvalue weighted by Crippen LogP contribution is -2.59. The highest BCUT2D eigenvalue weighted by Crippen LogP contribution is 2.30. The average molecular weight is 261 g/mol. The average Bonchev–Trinajstić information content (AvgIpc) is 3.05. The third kappa shape index (κ3) is 2.81. The van der Waals surface area contributed by atoms with Crippen LogP contribution in [-0.4, -0.2) is 55.8 Å². The Balaban J connectivity index is 2.07. The van der Waals surface area contributed by atoms with Crippen LogP contribution in [0.2, 0.25) is 0 Å². The van der Waals surface area contributed by atoms with E-state index < -0.39 is 10.2 Å². The van der Waals surface area contributed by atoms with Gasteiger partial charge in [-0.05, 0) is 32.6 Å². The topological polar surface area (TPSA) is 52.7 Å². The molecular formula is C11H23N3O2S. The minimum atomic E-state index is -3.27. The normalized spacial score (nSPS) is 32.0. The van der Waals surface area contributed by atoms with Gasteiger partial charge in [-0.25, -0.2) is 0 Å². The molecule has 1 saturated heterocycles. The number of nitrogens with one attached hydrogen (secondary N) is 1. The summed E-state index contributed by atoms with van der Waals surface area (Å²) in [6.07, 6.45) is 2.35. The summed E-state index contributed by atoms with van der Waals surface area (Å²) in [5.74, 6) is 0.588. The van der Waals surface area contributed by atoms with Crippen LogP contribution < -0.4 is 5.32 Å². The maximum absolute atomic E-state index is 12.4. The zero-order valence-electron chi connectivity index (χ0n) is 10.9. The van der Waals surface area contributed by atoms with Crippen molar-refractivity contribution in [2.45, 2.75) is 38.8 Å². The van der Waals surface area contributed by atoms with E-state index in [0.717, 1.165) is 6.54 Å². The van der Waals surface area contributed by atoms with E-state index >= 15 is 0 Å². The number of piperazine rings is 1. The SMILES string of the molecule is CC1NCCN(S(=O)(=O)N(C)CC2CC2)C1C. The molecule has 2 atom stereocenters. The lowest BCUT2D eigenvalue weighted by molar-refractivity contribution is 0.218. The highest BCUT2D eigenvalue weighted by Gasteiger charge is 2.37. The second-order valence-electron chi connectivity index (χ2n) is 5.33. The Morgan fingerprint density at radius 2 is 2.00 bits per heavy atom. The van der Waals surface area contributed by atoms with Crippen LogP contribution >= 0.6 is 0 Å². The van der Waals surface area contributed by atoms with Crippen molar-refractivity contribution in [3.8, 4) is 0 Å². The molecule has 0 aromatic rings. The highest BCUT2D eigenvalue weighted by molar-refractivity contribution is 7.86. The minimum absolute atomic E-state index is 0.0235. The van der Waals surface area contributed by atoms with E-state index in [9.17, 15) is 8.42 Å². The number of nitrogens with zero attached hydrogens (tertiary/aromatic N) is 2. The first-order valence-corrected chi connectivity index (χ1v) is 7.79. The molecule has 2 rings (SSSR count). The van der Waals surface area contributed by atoms with Gasteiger partial charge in [-0.2, -0.15) is 17.0 Å². The molecule has 100 valence electrons. The first-order valence-electron chi connectivity index (χ1n) is 6.39. The fraction of sp³-hybridized carbons (Fsp3) is 1.00. The Labute approximate surface area is 104 Å². The Bertz CT molecular complexity index is 367. The molecule has 0 aromatic carbocycles. The van der Waals surface area contributed by atoms with Crippen LogP contribution in [0.5, 0.6) is 0 Å². The number of hydrogen-bond donors (Lipinski definition) is 1. The van der Waals surface area contributed by atoms with Crippen LogP contribution in [0.1, 0.15) is 26.7 Å². The van der Waals surface area contributed by atoms with Crippen molar-refractivity contribution in [2.75, 3.05) is 26.7 Å². The zero-order valence-corrected chi connectivity index (χ0v) is 11.7. The van der Waals surface area contributed by atoms with E-state index in [1.54, 1.807) is 11.4 Å². The van der Waals surface area contributed by atoms with Crippen molar-refractivity contribution in [3.63, 3.8) is 0 Å². The van der Waals surface area contributed by atoms with Crippen molar-refractivity contribution in [3.05, 3.63) is 0 Å². The van der Waals surface area contributed by atoms with Crippen LogP contribution in [0.4, 0.5) is 0 Å². The summed E-state index contributed by atoms with van der Waals surface area (Å²) in [5.41, 5.74) is 0. The maximum Gasteiger partial charge on any atom is 0.282 e. The van der Waals surface area contributed by atoms with Crippen molar-refractivity contribution in [1.29, 1.82) is 0 Å². The van der Waals surface area contributed by atoms with Crippen molar-refractivity contribution in [1.82, 2.24) is 13.9 Å². The lowest BCUT2D eigenvalue weighted by Gasteiger charge is -2.39. The summed E-state index contributed by atoms with van der Waals surface area (Å²) >= 11 is 0. The molecule has 0 bridgehead atoms. The fourth-order valence-electron chi connectivity index (χ4n) is 2.29. The first kappa shape index (κ1) is 13.3. The molecule has 17 heavy (non-hydrogen) atoms. The first-order chi connectivity index (χ1) is 7.93. The van der Waals surface area contributed by atoms with Crippen LogP contribution in [-0.2, 0) is 10.2 Å². The van der Waals surface area contributed by atoms with Crippen molar-refractivity contribution >= 4 is 10.2 Å². The summed E-state index contributed by atoms with van der Waals surface area (Å²) in [7, 11) is -1.57. The van der Waals surface area contributed by atoms with Crippen LogP contribution in [0.3, 0.4) is 0 Å². The Morgan fingerprint density at radius 1 is 1.35 bits per heavy atom. The monoisotopic (exact) mass is 261 g/mol. The quantitative estimate of drug-likeness (QED) is 0.789. The fourth-order valence-corrected chi connectivity index (χ4v) is 3.97. The molecule has 1 N–H and O–H groups in total. The molecule has 2 aliphatic rings. The second kappa shape index (κ2) is 4.84. The molecule has 2 fully saturated rings. The van der Waals surface area contributed by atoms with E-state index in [0.29, 0.717) is 19.0 Å². The Morgan fingerprint density at radius 3 is 2.59 bits per heavy atom. The lowest BCUT2D eigenvalue weighted by atomic mass is 10.1. The predicted octanol–water partition coefficient (Wildman–Crippen LogP) is 0.255. The van der Waals surface area contributed by atoms with Crippen molar-refractivity contribution in [2.24, 2.45) is 5.92 Å². The molecule has 6 heteroatoms. The summed E-state index contributed by atoms with van der Waals surface area (Å²) < 4.78 is 28.0. The van der Waals surface area contributed by atoms with Gasteiger partial charge in [0.25, 0.3) is 10.2 Å². The van der Waals surface area contributed by atoms with Gasteiger partial charge in [0.05, 0.1) is 0 Å². The largest absolute Gasteiger partial charge is 0.311 e. The standard InChI is InChI=1S/C11H23N3O2S/c1-9-10(2)14(7-6-12-9)17(15,16)13(3)8-11-4-5-11/h9-12H,4-8H2,1-3H3. The van der Waals surface area contributed by atoms with Crippen LogP contribution in [0.25, 0.3) is 0 Å². The molecule has 0 amide bonds. The molecular weight excluding hydrogens is 238 g/mol. The maximum atomic E-state index is 12.4. The number of hydrogen-bond acceptors (Lipinski definition) is 3. The van der Waals surface area contributed by atoms with Gasteiger partial charge in [-0.1, -0.05) is 0 Å². The van der Waals surface area contributed by atoms with Gasteiger partial charge in [0.1, 0.15) is 0 Å². The van der Waals surface area contributed by atoms with Crippen molar-refractivity contribution < 1.29 is 8.42 Å². The van der Waals surface area contributed by atoms with Gasteiger partial charge in [-0.3, -0.25) is 0 Å². The zero-order chi connectivity index (χ0) is 12.6. The molecule has 2 unspecified atom stereocenters. The van der Waals surface area contributed by atoms with E-state index in [1.807, 2.05) is 13.8 Å². The van der Waals surface area contributed by atoms with E-state index in [2.05, 4.69) is 5.32 Å². The van der Waals surface area contributed by atoms with E-state index in [1.165, 1.54) is 17.1 Å². The summed E-state index contributed by atoms with van der Waals surface area (Å²) in [4.78, 5) is 0. The Kier molecular flexibility index (Phi) is 3.77. The summed E-state index contributed by atoms with van der Waals surface area (Å²) in [6, 6.07) is 0.239. The molecule has 1 aliphatic carbocycles. The number of rotatable bonds is 4. The molecule has 1 aliphatic heterocycles. The van der Waals surface area contributed by atoms with E-state index in [4.69, 9.17) is 0 Å². The Hall–Kier alpha value is -0.170. The molecule has 1 heterocycles. The van der Waals surface area contributed by atoms with Gasteiger partial charge in [0.2, 0.25) is 0 Å². The van der Waals surface area contributed by atoms with Crippen LogP contribution in [0, 0.1) is 5.92 Å². The third-order valence-electron chi connectivity index (χ3n) is 3.88. The smallest absolute Gasteiger partial charge is 0.282 e.